The van der Waals surface area contributed by atoms with Crippen molar-refractivity contribution in [2.45, 2.75) is 26.8 Å². The second-order valence-electron chi connectivity index (χ2n) is 5.32. The van der Waals surface area contributed by atoms with Crippen LogP contribution in [-0.4, -0.2) is 18.4 Å². The normalized spacial score (nSPS) is 11.6. The number of carbonyl (C=O) groups is 2. The smallest absolute Gasteiger partial charge is 0.239 e. The Morgan fingerprint density at radius 2 is 1.91 bits per heavy atom. The Kier molecular flexibility index (Phi) is 5.76. The summed E-state index contributed by atoms with van der Waals surface area (Å²) in [5.74, 6) is -0.192. The SMILES string of the molecule is CC(=O)Nc1cccc(NCC(=O)NC(C)c2cccs2)c1C. The van der Waals surface area contributed by atoms with E-state index in [9.17, 15) is 9.59 Å². The van der Waals surface area contributed by atoms with E-state index in [0.717, 1.165) is 21.8 Å². The molecule has 2 amide bonds. The van der Waals surface area contributed by atoms with Crippen molar-refractivity contribution in [2.24, 2.45) is 0 Å². The van der Waals surface area contributed by atoms with Gasteiger partial charge in [-0.15, -0.1) is 11.3 Å². The van der Waals surface area contributed by atoms with Crippen LogP contribution in [-0.2, 0) is 9.59 Å². The highest BCUT2D eigenvalue weighted by Crippen LogP contribution is 2.23. The number of carbonyl (C=O) groups excluding carboxylic acids is 2. The lowest BCUT2D eigenvalue weighted by Crippen LogP contribution is -2.31. The van der Waals surface area contributed by atoms with E-state index in [0.29, 0.717) is 0 Å². The van der Waals surface area contributed by atoms with E-state index in [1.165, 1.54) is 6.92 Å². The number of hydrogen-bond donors (Lipinski definition) is 3. The molecule has 0 aliphatic heterocycles. The Morgan fingerprint density at radius 1 is 1.17 bits per heavy atom. The standard InChI is InChI=1S/C17H21N3O2S/c1-11-14(6-4-7-15(11)20-13(3)21)18-10-17(22)19-12(2)16-8-5-9-23-16/h4-9,12,18H,10H2,1-3H3,(H,19,22)(H,20,21). The average molecular weight is 331 g/mol. The van der Waals surface area contributed by atoms with E-state index in [4.69, 9.17) is 0 Å². The molecule has 6 heteroatoms. The molecule has 1 aromatic carbocycles. The van der Waals surface area contributed by atoms with Crippen LogP contribution >= 0.6 is 11.3 Å². The molecule has 122 valence electrons. The Morgan fingerprint density at radius 3 is 2.57 bits per heavy atom. The van der Waals surface area contributed by atoms with E-state index >= 15 is 0 Å². The molecule has 0 aliphatic rings. The van der Waals surface area contributed by atoms with Crippen LogP contribution in [0.25, 0.3) is 0 Å². The van der Waals surface area contributed by atoms with Gasteiger partial charge in [0.25, 0.3) is 0 Å². The summed E-state index contributed by atoms with van der Waals surface area (Å²) in [7, 11) is 0. The van der Waals surface area contributed by atoms with Crippen LogP contribution in [0.1, 0.15) is 30.3 Å². The zero-order chi connectivity index (χ0) is 16.8. The van der Waals surface area contributed by atoms with Gasteiger partial charge in [-0.25, -0.2) is 0 Å². The van der Waals surface area contributed by atoms with Gasteiger partial charge in [-0.05, 0) is 43.0 Å². The quantitative estimate of drug-likeness (QED) is 0.760. The summed E-state index contributed by atoms with van der Waals surface area (Å²) in [6, 6.07) is 9.53. The maximum absolute atomic E-state index is 12.1. The monoisotopic (exact) mass is 331 g/mol. The minimum absolute atomic E-state index is 0.00360. The molecule has 1 atom stereocenters. The van der Waals surface area contributed by atoms with Crippen LogP contribution < -0.4 is 16.0 Å². The van der Waals surface area contributed by atoms with Crippen molar-refractivity contribution in [3.8, 4) is 0 Å². The number of rotatable bonds is 6. The van der Waals surface area contributed by atoms with Crippen LogP contribution in [0, 0.1) is 6.92 Å². The Bertz CT molecular complexity index is 683. The highest BCUT2D eigenvalue weighted by Gasteiger charge is 2.11. The molecule has 0 saturated carbocycles. The van der Waals surface area contributed by atoms with Crippen LogP contribution in [0.5, 0.6) is 0 Å². The number of benzene rings is 1. The molecule has 2 aromatic rings. The fourth-order valence-electron chi connectivity index (χ4n) is 2.23. The van der Waals surface area contributed by atoms with Crippen molar-refractivity contribution < 1.29 is 9.59 Å². The largest absolute Gasteiger partial charge is 0.376 e. The fraction of sp³-hybridized carbons (Fsp3) is 0.294. The van der Waals surface area contributed by atoms with Crippen LogP contribution in [0.3, 0.4) is 0 Å². The predicted molar refractivity (Wildman–Crippen MR) is 94.8 cm³/mol. The summed E-state index contributed by atoms with van der Waals surface area (Å²) in [6.07, 6.45) is 0. The molecule has 0 aliphatic carbocycles. The Hall–Kier alpha value is -2.34. The minimum atomic E-state index is -0.118. The molecule has 5 nitrogen and oxygen atoms in total. The summed E-state index contributed by atoms with van der Waals surface area (Å²) in [5.41, 5.74) is 2.48. The van der Waals surface area contributed by atoms with Crippen molar-refractivity contribution in [3.05, 3.63) is 46.2 Å². The molecular formula is C17H21N3O2S. The van der Waals surface area contributed by atoms with E-state index in [1.807, 2.05) is 49.6 Å². The minimum Gasteiger partial charge on any atom is -0.376 e. The van der Waals surface area contributed by atoms with Gasteiger partial charge in [0.1, 0.15) is 0 Å². The van der Waals surface area contributed by atoms with Crippen molar-refractivity contribution in [1.82, 2.24) is 5.32 Å². The zero-order valence-corrected chi connectivity index (χ0v) is 14.3. The molecule has 1 aromatic heterocycles. The molecule has 0 saturated heterocycles. The molecule has 0 spiro atoms. The van der Waals surface area contributed by atoms with E-state index in [2.05, 4.69) is 16.0 Å². The van der Waals surface area contributed by atoms with Crippen LogP contribution in [0.4, 0.5) is 11.4 Å². The van der Waals surface area contributed by atoms with Gasteiger partial charge >= 0.3 is 0 Å². The molecule has 0 bridgehead atoms. The lowest BCUT2D eigenvalue weighted by molar-refractivity contribution is -0.120. The lowest BCUT2D eigenvalue weighted by Gasteiger charge is -2.15. The van der Waals surface area contributed by atoms with Gasteiger partial charge in [-0.3, -0.25) is 9.59 Å². The highest BCUT2D eigenvalue weighted by molar-refractivity contribution is 7.10. The number of nitrogens with one attached hydrogen (secondary N) is 3. The van der Waals surface area contributed by atoms with E-state index < -0.39 is 0 Å². The van der Waals surface area contributed by atoms with Gasteiger partial charge in [0.05, 0.1) is 12.6 Å². The summed E-state index contributed by atoms with van der Waals surface area (Å²) in [6.45, 7) is 5.52. The molecule has 1 unspecified atom stereocenters. The summed E-state index contributed by atoms with van der Waals surface area (Å²) < 4.78 is 0. The summed E-state index contributed by atoms with van der Waals surface area (Å²) >= 11 is 1.62. The maximum Gasteiger partial charge on any atom is 0.239 e. The number of anilines is 2. The number of thiophene rings is 1. The molecular weight excluding hydrogens is 310 g/mol. The second-order valence-corrected chi connectivity index (χ2v) is 6.30. The average Bonchev–Trinajstić information content (AvgIpc) is 3.02. The van der Waals surface area contributed by atoms with Gasteiger partial charge in [-0.1, -0.05) is 12.1 Å². The van der Waals surface area contributed by atoms with Crippen molar-refractivity contribution in [1.29, 1.82) is 0 Å². The van der Waals surface area contributed by atoms with Crippen molar-refractivity contribution in [3.63, 3.8) is 0 Å². The maximum atomic E-state index is 12.1. The topological polar surface area (TPSA) is 70.2 Å². The van der Waals surface area contributed by atoms with E-state index in [1.54, 1.807) is 11.3 Å². The van der Waals surface area contributed by atoms with Crippen LogP contribution in [0.15, 0.2) is 35.7 Å². The third-order valence-corrected chi connectivity index (χ3v) is 4.49. The first-order chi connectivity index (χ1) is 11.0. The van der Waals surface area contributed by atoms with Crippen LogP contribution in [0.2, 0.25) is 0 Å². The highest BCUT2D eigenvalue weighted by atomic mass is 32.1. The third kappa shape index (κ3) is 4.82. The fourth-order valence-corrected chi connectivity index (χ4v) is 2.96. The number of amides is 2. The summed E-state index contributed by atoms with van der Waals surface area (Å²) in [4.78, 5) is 24.4. The molecule has 0 fully saturated rings. The number of hydrogen-bond acceptors (Lipinski definition) is 4. The van der Waals surface area contributed by atoms with Gasteiger partial charge in [0.15, 0.2) is 0 Å². The van der Waals surface area contributed by atoms with Gasteiger partial charge in [-0.2, -0.15) is 0 Å². The second kappa shape index (κ2) is 7.78. The summed E-state index contributed by atoms with van der Waals surface area (Å²) in [5, 5.41) is 10.8. The van der Waals surface area contributed by atoms with Gasteiger partial charge in [0.2, 0.25) is 11.8 Å². The van der Waals surface area contributed by atoms with Gasteiger partial charge < -0.3 is 16.0 Å². The first-order valence-corrected chi connectivity index (χ1v) is 8.29. The third-order valence-electron chi connectivity index (χ3n) is 3.43. The predicted octanol–water partition coefficient (Wildman–Crippen LogP) is 3.30. The van der Waals surface area contributed by atoms with Crippen molar-refractivity contribution >= 4 is 34.5 Å². The zero-order valence-electron chi connectivity index (χ0n) is 13.5. The Labute approximate surface area is 140 Å². The van der Waals surface area contributed by atoms with E-state index in [-0.39, 0.29) is 24.4 Å². The first-order valence-electron chi connectivity index (χ1n) is 7.41. The lowest BCUT2D eigenvalue weighted by atomic mass is 10.1. The molecule has 0 radical (unpaired) electrons. The first kappa shape index (κ1) is 17.0. The van der Waals surface area contributed by atoms with Gasteiger partial charge in [0, 0.05) is 23.2 Å². The molecule has 3 N–H and O–H groups in total. The Balaban J connectivity index is 1.92. The molecule has 2 rings (SSSR count). The molecule has 1 heterocycles. The molecule has 23 heavy (non-hydrogen) atoms. The van der Waals surface area contributed by atoms with Crippen molar-refractivity contribution in [2.75, 3.05) is 17.2 Å².